The minimum absolute atomic E-state index is 0.0654. The standard InChI is InChI=1S/C21H19ClN4O3S2/c1-13-23-16(11-30-13)9-19-24-25-21(29-19)31-12-20(27)26(2)10-17-7-8-18(28-17)14-3-5-15(22)6-4-14/h3-8,11H,9-10,12H2,1-2H3. The van der Waals surface area contributed by atoms with Gasteiger partial charge in [-0.05, 0) is 43.3 Å². The van der Waals surface area contributed by atoms with Crippen LogP contribution in [0.5, 0.6) is 0 Å². The Hall–Kier alpha value is -2.62. The van der Waals surface area contributed by atoms with Crippen molar-refractivity contribution in [2.45, 2.75) is 25.1 Å². The first-order valence-corrected chi connectivity index (χ1v) is 11.7. The molecule has 0 radical (unpaired) electrons. The number of amides is 1. The van der Waals surface area contributed by atoms with Gasteiger partial charge in [0.1, 0.15) is 11.5 Å². The zero-order valence-electron chi connectivity index (χ0n) is 16.9. The number of hydrogen-bond donors (Lipinski definition) is 0. The van der Waals surface area contributed by atoms with Gasteiger partial charge in [0.25, 0.3) is 5.22 Å². The van der Waals surface area contributed by atoms with Crippen LogP contribution in [0.4, 0.5) is 0 Å². The fraction of sp³-hybridized carbons (Fsp3) is 0.238. The number of benzene rings is 1. The average molecular weight is 475 g/mol. The lowest BCUT2D eigenvalue weighted by atomic mass is 10.2. The van der Waals surface area contributed by atoms with E-state index in [2.05, 4.69) is 15.2 Å². The van der Waals surface area contributed by atoms with Crippen molar-refractivity contribution in [3.05, 3.63) is 69.2 Å². The molecule has 0 bridgehead atoms. The predicted octanol–water partition coefficient (Wildman–Crippen LogP) is 5.09. The predicted molar refractivity (Wildman–Crippen MR) is 120 cm³/mol. The van der Waals surface area contributed by atoms with Crippen LogP contribution in [0.25, 0.3) is 11.3 Å². The second-order valence-electron chi connectivity index (χ2n) is 6.81. The van der Waals surface area contributed by atoms with Crippen molar-refractivity contribution in [1.82, 2.24) is 20.1 Å². The first kappa shape index (κ1) is 21.6. The third-order valence-electron chi connectivity index (χ3n) is 4.38. The zero-order valence-corrected chi connectivity index (χ0v) is 19.3. The van der Waals surface area contributed by atoms with Crippen LogP contribution in [-0.2, 0) is 17.8 Å². The molecule has 0 N–H and O–H groups in total. The van der Waals surface area contributed by atoms with Crippen molar-refractivity contribution in [3.8, 4) is 11.3 Å². The Morgan fingerprint density at radius 3 is 2.71 bits per heavy atom. The highest BCUT2D eigenvalue weighted by atomic mass is 35.5. The summed E-state index contributed by atoms with van der Waals surface area (Å²) in [6.45, 7) is 2.32. The van der Waals surface area contributed by atoms with Gasteiger partial charge < -0.3 is 13.7 Å². The molecule has 0 aliphatic rings. The largest absolute Gasteiger partial charge is 0.459 e. The fourth-order valence-electron chi connectivity index (χ4n) is 2.80. The molecular weight excluding hydrogens is 456 g/mol. The molecule has 7 nitrogen and oxygen atoms in total. The topological polar surface area (TPSA) is 85.3 Å². The first-order chi connectivity index (χ1) is 15.0. The van der Waals surface area contributed by atoms with Gasteiger partial charge >= 0.3 is 0 Å². The van der Waals surface area contributed by atoms with E-state index >= 15 is 0 Å². The molecule has 0 fully saturated rings. The van der Waals surface area contributed by atoms with E-state index in [0.717, 1.165) is 22.0 Å². The number of furan rings is 1. The van der Waals surface area contributed by atoms with E-state index in [1.165, 1.54) is 11.8 Å². The number of aromatic nitrogens is 3. The molecule has 31 heavy (non-hydrogen) atoms. The van der Waals surface area contributed by atoms with Crippen molar-refractivity contribution >= 4 is 40.6 Å². The maximum Gasteiger partial charge on any atom is 0.277 e. The monoisotopic (exact) mass is 474 g/mol. The van der Waals surface area contributed by atoms with Gasteiger partial charge in [0.05, 0.1) is 29.4 Å². The van der Waals surface area contributed by atoms with Crippen molar-refractivity contribution in [2.24, 2.45) is 0 Å². The molecule has 0 atom stereocenters. The van der Waals surface area contributed by atoms with Gasteiger partial charge in [-0.2, -0.15) is 0 Å². The van der Waals surface area contributed by atoms with Crippen molar-refractivity contribution in [3.63, 3.8) is 0 Å². The average Bonchev–Trinajstić information content (AvgIpc) is 3.49. The maximum atomic E-state index is 12.5. The molecule has 0 unspecified atom stereocenters. The molecule has 1 amide bonds. The molecule has 3 heterocycles. The van der Waals surface area contributed by atoms with E-state index in [0.29, 0.717) is 34.9 Å². The molecule has 3 aromatic heterocycles. The summed E-state index contributed by atoms with van der Waals surface area (Å²) in [6, 6.07) is 11.2. The number of thiazole rings is 1. The molecule has 0 aliphatic heterocycles. The number of hydrogen-bond acceptors (Lipinski definition) is 8. The van der Waals surface area contributed by atoms with Crippen molar-refractivity contribution < 1.29 is 13.6 Å². The third-order valence-corrected chi connectivity index (χ3v) is 6.25. The quantitative estimate of drug-likeness (QED) is 0.329. The Morgan fingerprint density at radius 2 is 1.97 bits per heavy atom. The summed E-state index contributed by atoms with van der Waals surface area (Å²) in [5, 5.41) is 12.0. The molecule has 0 saturated carbocycles. The van der Waals surface area contributed by atoms with Crippen LogP contribution in [0.2, 0.25) is 5.02 Å². The van der Waals surface area contributed by atoms with E-state index < -0.39 is 0 Å². The number of aryl methyl sites for hydroxylation is 1. The summed E-state index contributed by atoms with van der Waals surface area (Å²) in [6.07, 6.45) is 0.486. The van der Waals surface area contributed by atoms with Crippen LogP contribution in [0.3, 0.4) is 0 Å². The Morgan fingerprint density at radius 1 is 1.16 bits per heavy atom. The minimum atomic E-state index is -0.0654. The Bertz CT molecular complexity index is 1170. The summed E-state index contributed by atoms with van der Waals surface area (Å²) in [5.74, 6) is 2.04. The van der Waals surface area contributed by atoms with Gasteiger partial charge in [0.15, 0.2) is 0 Å². The summed E-state index contributed by atoms with van der Waals surface area (Å²) in [5.41, 5.74) is 1.83. The Kier molecular flexibility index (Phi) is 6.74. The van der Waals surface area contributed by atoms with E-state index in [9.17, 15) is 4.79 Å². The lowest BCUT2D eigenvalue weighted by molar-refractivity contribution is -0.127. The molecule has 0 aliphatic carbocycles. The SMILES string of the molecule is Cc1nc(Cc2nnc(SCC(=O)N(C)Cc3ccc(-c4ccc(Cl)cc4)o3)o2)cs1. The van der Waals surface area contributed by atoms with E-state index in [-0.39, 0.29) is 11.7 Å². The van der Waals surface area contributed by atoms with Crippen molar-refractivity contribution in [2.75, 3.05) is 12.8 Å². The zero-order chi connectivity index (χ0) is 21.8. The Balaban J connectivity index is 1.28. The summed E-state index contributed by atoms with van der Waals surface area (Å²) in [4.78, 5) is 18.5. The van der Waals surface area contributed by atoms with E-state index in [4.69, 9.17) is 20.4 Å². The van der Waals surface area contributed by atoms with Gasteiger partial charge in [-0.15, -0.1) is 21.5 Å². The second-order valence-corrected chi connectivity index (χ2v) is 9.23. The lowest BCUT2D eigenvalue weighted by Crippen LogP contribution is -2.27. The molecule has 160 valence electrons. The molecule has 4 aromatic rings. The molecule has 0 spiro atoms. The van der Waals surface area contributed by atoms with Crippen LogP contribution in [0, 0.1) is 6.92 Å². The molecule has 0 saturated heterocycles. The number of carbonyl (C=O) groups is 1. The first-order valence-electron chi connectivity index (χ1n) is 9.41. The summed E-state index contributed by atoms with van der Waals surface area (Å²) in [7, 11) is 1.73. The highest BCUT2D eigenvalue weighted by Crippen LogP contribution is 2.25. The number of carbonyl (C=O) groups excluding carboxylic acids is 1. The molecule has 1 aromatic carbocycles. The van der Waals surface area contributed by atoms with Gasteiger partial charge in [-0.3, -0.25) is 4.79 Å². The number of halogens is 1. The molecule has 4 rings (SSSR count). The van der Waals surface area contributed by atoms with Crippen LogP contribution in [0.15, 0.2) is 55.8 Å². The molecule has 10 heteroatoms. The highest BCUT2D eigenvalue weighted by Gasteiger charge is 2.16. The van der Waals surface area contributed by atoms with Crippen LogP contribution >= 0.6 is 34.7 Å². The van der Waals surface area contributed by atoms with Crippen LogP contribution in [0.1, 0.15) is 22.4 Å². The van der Waals surface area contributed by atoms with Crippen LogP contribution < -0.4 is 0 Å². The number of rotatable bonds is 8. The number of thioether (sulfide) groups is 1. The fourth-order valence-corrected chi connectivity index (χ4v) is 4.26. The van der Waals surface area contributed by atoms with Crippen LogP contribution in [-0.4, -0.2) is 38.8 Å². The maximum absolute atomic E-state index is 12.5. The highest BCUT2D eigenvalue weighted by molar-refractivity contribution is 7.99. The van der Waals surface area contributed by atoms with Gasteiger partial charge in [0.2, 0.25) is 11.8 Å². The second kappa shape index (κ2) is 9.67. The minimum Gasteiger partial charge on any atom is -0.459 e. The van der Waals surface area contributed by atoms with Gasteiger partial charge in [-0.1, -0.05) is 23.4 Å². The third kappa shape index (κ3) is 5.75. The number of nitrogens with zero attached hydrogens (tertiary/aromatic N) is 4. The summed E-state index contributed by atoms with van der Waals surface area (Å²) >= 11 is 8.72. The lowest BCUT2D eigenvalue weighted by Gasteiger charge is -2.14. The van der Waals surface area contributed by atoms with Crippen molar-refractivity contribution in [1.29, 1.82) is 0 Å². The van der Waals surface area contributed by atoms with E-state index in [1.54, 1.807) is 23.3 Å². The summed E-state index contributed by atoms with van der Waals surface area (Å²) < 4.78 is 11.5. The van der Waals surface area contributed by atoms with E-state index in [1.807, 2.05) is 48.7 Å². The molecular formula is C21H19ClN4O3S2. The van der Waals surface area contributed by atoms with Gasteiger partial charge in [0, 0.05) is 23.0 Å². The normalized spacial score (nSPS) is 11.1. The van der Waals surface area contributed by atoms with Gasteiger partial charge in [-0.25, -0.2) is 4.98 Å². The smallest absolute Gasteiger partial charge is 0.277 e. The Labute approximate surface area is 192 Å².